The second-order valence-electron chi connectivity index (χ2n) is 4.77. The largest absolute Gasteiger partial charge is 0.398 e. The summed E-state index contributed by atoms with van der Waals surface area (Å²) in [6, 6.07) is 1.72. The van der Waals surface area contributed by atoms with Gasteiger partial charge in [0.25, 0.3) is 5.91 Å². The average Bonchev–Trinajstić information content (AvgIpc) is 2.39. The molecule has 3 N–H and O–H groups in total. The zero-order chi connectivity index (χ0) is 13.8. The molecule has 1 amide bonds. The molecule has 0 aliphatic carbocycles. The van der Waals surface area contributed by atoms with Crippen LogP contribution in [0.1, 0.15) is 16.1 Å². The van der Waals surface area contributed by atoms with Crippen molar-refractivity contribution in [2.24, 2.45) is 0 Å². The number of pyridine rings is 1. The maximum atomic E-state index is 12.3. The van der Waals surface area contributed by atoms with Crippen LogP contribution in [0.25, 0.3) is 0 Å². The lowest BCUT2D eigenvalue weighted by molar-refractivity contribution is 0.0615. The molecule has 6 heteroatoms. The molecule has 2 rings (SSSR count). The van der Waals surface area contributed by atoms with Crippen molar-refractivity contribution in [3.63, 3.8) is 0 Å². The molecule has 0 radical (unpaired) electrons. The van der Waals surface area contributed by atoms with E-state index >= 15 is 0 Å². The van der Waals surface area contributed by atoms with E-state index in [1.807, 2.05) is 6.92 Å². The Kier molecular flexibility index (Phi) is 4.34. The molecule has 2 heterocycles. The lowest BCUT2D eigenvalue weighted by Crippen LogP contribution is -2.49. The van der Waals surface area contributed by atoms with E-state index in [9.17, 15) is 4.79 Å². The molecular weight excluding hydrogens is 244 g/mol. The maximum absolute atomic E-state index is 12.3. The molecule has 1 aromatic rings. The highest BCUT2D eigenvalue weighted by atomic mass is 16.3. The van der Waals surface area contributed by atoms with Gasteiger partial charge in [0.15, 0.2) is 0 Å². The third-order valence-corrected chi connectivity index (χ3v) is 3.38. The Morgan fingerprint density at radius 3 is 2.68 bits per heavy atom. The third-order valence-electron chi connectivity index (χ3n) is 3.38. The molecular formula is C13H20N4O2. The number of piperazine rings is 1. The van der Waals surface area contributed by atoms with Gasteiger partial charge >= 0.3 is 0 Å². The fourth-order valence-electron chi connectivity index (χ4n) is 2.25. The van der Waals surface area contributed by atoms with Crippen LogP contribution in [0.5, 0.6) is 0 Å². The summed E-state index contributed by atoms with van der Waals surface area (Å²) in [6.07, 6.45) is 1.55. The minimum absolute atomic E-state index is 0.0614. The smallest absolute Gasteiger partial charge is 0.257 e. The highest BCUT2D eigenvalue weighted by molar-refractivity contribution is 5.98. The van der Waals surface area contributed by atoms with Crippen LogP contribution in [0.4, 0.5) is 5.69 Å². The first-order valence-electron chi connectivity index (χ1n) is 6.46. The molecule has 1 fully saturated rings. The highest BCUT2D eigenvalue weighted by Crippen LogP contribution is 2.15. The van der Waals surface area contributed by atoms with E-state index in [-0.39, 0.29) is 12.5 Å². The predicted molar refractivity (Wildman–Crippen MR) is 72.8 cm³/mol. The summed E-state index contributed by atoms with van der Waals surface area (Å²) in [7, 11) is 0. The van der Waals surface area contributed by atoms with Crippen molar-refractivity contribution in [1.29, 1.82) is 0 Å². The molecule has 104 valence electrons. The summed E-state index contributed by atoms with van der Waals surface area (Å²) in [6.45, 7) is 5.55. The number of carbonyl (C=O) groups is 1. The van der Waals surface area contributed by atoms with E-state index in [1.54, 1.807) is 17.2 Å². The topological polar surface area (TPSA) is 82.7 Å². The zero-order valence-electron chi connectivity index (χ0n) is 11.2. The van der Waals surface area contributed by atoms with Crippen LogP contribution in [-0.2, 0) is 0 Å². The number of carbonyl (C=O) groups excluding carboxylic acids is 1. The van der Waals surface area contributed by atoms with E-state index in [0.717, 1.165) is 18.8 Å². The van der Waals surface area contributed by atoms with E-state index in [1.165, 1.54) is 0 Å². The number of rotatable bonds is 3. The van der Waals surface area contributed by atoms with E-state index in [0.29, 0.717) is 30.9 Å². The van der Waals surface area contributed by atoms with Gasteiger partial charge in [-0.1, -0.05) is 0 Å². The number of nitrogen functional groups attached to an aromatic ring is 1. The van der Waals surface area contributed by atoms with Crippen molar-refractivity contribution >= 4 is 11.6 Å². The number of aliphatic hydroxyl groups is 1. The van der Waals surface area contributed by atoms with Crippen molar-refractivity contribution in [2.75, 3.05) is 45.1 Å². The van der Waals surface area contributed by atoms with Crippen LogP contribution >= 0.6 is 0 Å². The third kappa shape index (κ3) is 3.21. The number of amides is 1. The standard InChI is InChI=1S/C13H20N4O2/c1-10-8-12(14)11(9-15-10)13(19)17-4-2-16(3-5-17)6-7-18/h8-9,18H,2-7H2,1H3,(H2,14,15). The van der Waals surface area contributed by atoms with Gasteiger partial charge in [-0.25, -0.2) is 0 Å². The first-order valence-corrected chi connectivity index (χ1v) is 6.46. The van der Waals surface area contributed by atoms with E-state index in [4.69, 9.17) is 10.8 Å². The normalized spacial score (nSPS) is 16.6. The van der Waals surface area contributed by atoms with Crippen LogP contribution in [0.3, 0.4) is 0 Å². The van der Waals surface area contributed by atoms with Gasteiger partial charge < -0.3 is 15.7 Å². The Balaban J connectivity index is 2.01. The highest BCUT2D eigenvalue weighted by Gasteiger charge is 2.23. The average molecular weight is 264 g/mol. The number of nitrogens with zero attached hydrogens (tertiary/aromatic N) is 3. The molecule has 1 saturated heterocycles. The number of hydrogen-bond acceptors (Lipinski definition) is 5. The van der Waals surface area contributed by atoms with Crippen molar-refractivity contribution < 1.29 is 9.90 Å². The van der Waals surface area contributed by atoms with Crippen LogP contribution in [-0.4, -0.2) is 65.1 Å². The van der Waals surface area contributed by atoms with Crippen molar-refractivity contribution in [1.82, 2.24) is 14.8 Å². The molecule has 1 aliphatic rings. The second kappa shape index (κ2) is 5.99. The van der Waals surface area contributed by atoms with Crippen LogP contribution < -0.4 is 5.73 Å². The summed E-state index contributed by atoms with van der Waals surface area (Å²) < 4.78 is 0. The number of aromatic nitrogens is 1. The number of aliphatic hydroxyl groups excluding tert-OH is 1. The molecule has 1 aromatic heterocycles. The Bertz CT molecular complexity index is 456. The number of hydrogen-bond donors (Lipinski definition) is 2. The quantitative estimate of drug-likeness (QED) is 0.785. The Morgan fingerprint density at radius 1 is 1.42 bits per heavy atom. The molecule has 0 unspecified atom stereocenters. The SMILES string of the molecule is Cc1cc(N)c(C(=O)N2CCN(CCO)CC2)cn1. The number of aryl methyl sites for hydroxylation is 1. The van der Waals surface area contributed by atoms with Crippen molar-refractivity contribution in [2.45, 2.75) is 6.92 Å². The summed E-state index contributed by atoms with van der Waals surface area (Å²) >= 11 is 0. The minimum atomic E-state index is -0.0614. The predicted octanol–water partition coefficient (Wildman–Crippen LogP) is -0.278. The molecule has 0 spiro atoms. The Morgan fingerprint density at radius 2 is 2.11 bits per heavy atom. The van der Waals surface area contributed by atoms with Gasteiger partial charge in [0.1, 0.15) is 0 Å². The molecule has 0 aromatic carbocycles. The van der Waals surface area contributed by atoms with Gasteiger partial charge in [-0.05, 0) is 13.0 Å². The Hall–Kier alpha value is -1.66. The second-order valence-corrected chi connectivity index (χ2v) is 4.77. The van der Waals surface area contributed by atoms with Gasteiger partial charge in [0.2, 0.25) is 0 Å². The summed E-state index contributed by atoms with van der Waals surface area (Å²) in [5, 5.41) is 8.89. The van der Waals surface area contributed by atoms with Crippen LogP contribution in [0, 0.1) is 6.92 Å². The molecule has 19 heavy (non-hydrogen) atoms. The van der Waals surface area contributed by atoms with Gasteiger partial charge in [0, 0.05) is 50.3 Å². The lowest BCUT2D eigenvalue weighted by Gasteiger charge is -2.34. The molecule has 0 atom stereocenters. The first kappa shape index (κ1) is 13.8. The molecule has 0 saturated carbocycles. The van der Waals surface area contributed by atoms with E-state index < -0.39 is 0 Å². The van der Waals surface area contributed by atoms with Gasteiger partial charge in [-0.15, -0.1) is 0 Å². The molecule has 6 nitrogen and oxygen atoms in total. The van der Waals surface area contributed by atoms with E-state index in [2.05, 4.69) is 9.88 Å². The summed E-state index contributed by atoms with van der Waals surface area (Å²) in [5.41, 5.74) is 7.64. The zero-order valence-corrected chi connectivity index (χ0v) is 11.2. The van der Waals surface area contributed by atoms with Crippen molar-refractivity contribution in [3.8, 4) is 0 Å². The summed E-state index contributed by atoms with van der Waals surface area (Å²) in [5.74, 6) is -0.0614. The fraction of sp³-hybridized carbons (Fsp3) is 0.538. The van der Waals surface area contributed by atoms with Gasteiger partial charge in [-0.3, -0.25) is 14.7 Å². The number of nitrogens with two attached hydrogens (primary N) is 1. The Labute approximate surface area is 112 Å². The first-order chi connectivity index (χ1) is 9.11. The summed E-state index contributed by atoms with van der Waals surface area (Å²) in [4.78, 5) is 20.4. The maximum Gasteiger partial charge on any atom is 0.257 e. The lowest BCUT2D eigenvalue weighted by atomic mass is 10.1. The molecule has 1 aliphatic heterocycles. The fourth-order valence-corrected chi connectivity index (χ4v) is 2.25. The monoisotopic (exact) mass is 264 g/mol. The minimum Gasteiger partial charge on any atom is -0.398 e. The molecule has 0 bridgehead atoms. The van der Waals surface area contributed by atoms with Gasteiger partial charge in [0.05, 0.1) is 12.2 Å². The number of β-amino-alcohol motifs (C(OH)–C–C–N with tert-alkyl or cyclic N) is 1. The van der Waals surface area contributed by atoms with Crippen LogP contribution in [0.15, 0.2) is 12.3 Å². The van der Waals surface area contributed by atoms with Crippen LogP contribution in [0.2, 0.25) is 0 Å². The van der Waals surface area contributed by atoms with Gasteiger partial charge in [-0.2, -0.15) is 0 Å². The van der Waals surface area contributed by atoms with Crippen molar-refractivity contribution in [3.05, 3.63) is 23.5 Å². The number of anilines is 1.